The lowest BCUT2D eigenvalue weighted by Gasteiger charge is -2.18. The van der Waals surface area contributed by atoms with Gasteiger partial charge in [-0.25, -0.2) is 0 Å². The van der Waals surface area contributed by atoms with Crippen LogP contribution in [0.15, 0.2) is 108 Å². The molecule has 0 bridgehead atoms. The summed E-state index contributed by atoms with van der Waals surface area (Å²) in [5, 5.41) is 10.0. The lowest BCUT2D eigenvalue weighted by atomic mass is 10.1. The van der Waals surface area contributed by atoms with Crippen molar-refractivity contribution in [1.82, 2.24) is 0 Å². The van der Waals surface area contributed by atoms with Crippen molar-refractivity contribution >= 4 is 63.7 Å². The maximum Gasteiger partial charge on any atom is 0.242 e. The van der Waals surface area contributed by atoms with Gasteiger partial charge >= 0.3 is 0 Å². The molecule has 4 aromatic rings. The number of halogens is 1. The predicted molar refractivity (Wildman–Crippen MR) is 153 cm³/mol. The monoisotopic (exact) mass is 517 g/mol. The van der Waals surface area contributed by atoms with E-state index in [-0.39, 0.29) is 5.91 Å². The number of anilines is 3. The molecule has 0 fully saturated rings. The first-order valence-corrected chi connectivity index (χ1v) is 12.7. The highest BCUT2D eigenvalue weighted by atomic mass is 35.5. The molecule has 1 unspecified atom stereocenters. The summed E-state index contributed by atoms with van der Waals surface area (Å²) in [4.78, 5) is 14.2. The van der Waals surface area contributed by atoms with E-state index in [2.05, 4.69) is 16.0 Å². The summed E-state index contributed by atoms with van der Waals surface area (Å²) in [7, 11) is 0. The van der Waals surface area contributed by atoms with Crippen LogP contribution in [-0.2, 0) is 4.79 Å². The fourth-order valence-electron chi connectivity index (χ4n) is 3.35. The third-order valence-electron chi connectivity index (χ3n) is 5.18. The Balaban J connectivity index is 1.45. The zero-order valence-corrected chi connectivity index (χ0v) is 21.4. The number of hydrogen-bond donors (Lipinski definition) is 3. The first kappa shape index (κ1) is 24.8. The van der Waals surface area contributed by atoms with Crippen molar-refractivity contribution in [3.05, 3.63) is 119 Å². The van der Waals surface area contributed by atoms with Crippen molar-refractivity contribution in [3.63, 3.8) is 0 Å². The minimum absolute atomic E-state index is 0.114. The van der Waals surface area contributed by atoms with Crippen LogP contribution in [0.5, 0.6) is 0 Å². The molecule has 7 heteroatoms. The maximum absolute atomic E-state index is 13.3. The average molecular weight is 518 g/mol. The Bertz CT molecular complexity index is 1300. The summed E-state index contributed by atoms with van der Waals surface area (Å²) in [6.07, 6.45) is 0. The van der Waals surface area contributed by atoms with Crippen molar-refractivity contribution in [2.75, 3.05) is 16.0 Å². The first-order chi connectivity index (χ1) is 17.0. The van der Waals surface area contributed by atoms with Gasteiger partial charge in [0.05, 0.1) is 0 Å². The van der Waals surface area contributed by atoms with Crippen LogP contribution in [0, 0.1) is 6.92 Å². The molecular formula is C28H24ClN3OS2. The van der Waals surface area contributed by atoms with Crippen LogP contribution in [0.1, 0.15) is 16.4 Å². The molecule has 35 heavy (non-hydrogen) atoms. The van der Waals surface area contributed by atoms with E-state index >= 15 is 0 Å². The first-order valence-electron chi connectivity index (χ1n) is 11.0. The number of carbonyl (C=O) groups is 1. The Morgan fingerprint density at radius 2 is 1.34 bits per heavy atom. The Kier molecular flexibility index (Phi) is 8.42. The molecule has 0 radical (unpaired) electrons. The van der Waals surface area contributed by atoms with Crippen molar-refractivity contribution < 1.29 is 4.79 Å². The van der Waals surface area contributed by atoms with E-state index in [9.17, 15) is 4.79 Å². The summed E-state index contributed by atoms with van der Waals surface area (Å²) in [5.74, 6) is -0.114. The maximum atomic E-state index is 13.3. The van der Waals surface area contributed by atoms with Gasteiger partial charge in [-0.3, -0.25) is 4.79 Å². The minimum atomic E-state index is -0.434. The zero-order chi connectivity index (χ0) is 24.6. The predicted octanol–water partition coefficient (Wildman–Crippen LogP) is 7.93. The number of benzene rings is 4. The van der Waals surface area contributed by atoms with Gasteiger partial charge in [0.25, 0.3) is 0 Å². The van der Waals surface area contributed by atoms with E-state index in [1.54, 1.807) is 6.07 Å². The highest BCUT2D eigenvalue weighted by Gasteiger charge is 2.22. The van der Waals surface area contributed by atoms with Gasteiger partial charge in [0, 0.05) is 27.0 Å². The molecule has 4 nitrogen and oxygen atoms in total. The van der Waals surface area contributed by atoms with E-state index in [0.29, 0.717) is 15.8 Å². The van der Waals surface area contributed by atoms with Crippen LogP contribution in [0.25, 0.3) is 0 Å². The van der Waals surface area contributed by atoms with Gasteiger partial charge in [0.1, 0.15) is 5.25 Å². The van der Waals surface area contributed by atoms with Crippen molar-refractivity contribution in [2.24, 2.45) is 0 Å². The Hall–Kier alpha value is -3.32. The van der Waals surface area contributed by atoms with Gasteiger partial charge < -0.3 is 16.0 Å². The fourth-order valence-corrected chi connectivity index (χ4v) is 4.79. The Morgan fingerprint density at radius 1 is 0.771 bits per heavy atom. The number of hydrogen-bond acceptors (Lipinski definition) is 3. The van der Waals surface area contributed by atoms with E-state index in [1.807, 2.05) is 104 Å². The van der Waals surface area contributed by atoms with E-state index in [0.717, 1.165) is 27.4 Å². The number of rotatable bonds is 7. The SMILES string of the molecule is Cc1ccc(NC(=O)C(Sc2ccc(NC(=S)Nc3ccccc3)cc2)c2ccccc2)cc1Cl. The fraction of sp³-hybridized carbons (Fsp3) is 0.0714. The second-order valence-electron chi connectivity index (χ2n) is 7.83. The van der Waals surface area contributed by atoms with Crippen molar-refractivity contribution in [1.29, 1.82) is 0 Å². The summed E-state index contributed by atoms with van der Waals surface area (Å²) in [5.41, 5.74) is 4.34. The van der Waals surface area contributed by atoms with Gasteiger partial charge in [0.2, 0.25) is 5.91 Å². The lowest BCUT2D eigenvalue weighted by Crippen LogP contribution is -2.19. The number of thiocarbonyl (C=S) groups is 1. The quantitative estimate of drug-likeness (QED) is 0.172. The van der Waals surface area contributed by atoms with Crippen molar-refractivity contribution in [2.45, 2.75) is 17.1 Å². The molecule has 1 atom stereocenters. The molecule has 4 aromatic carbocycles. The highest BCUT2D eigenvalue weighted by molar-refractivity contribution is 8.00. The summed E-state index contributed by atoms with van der Waals surface area (Å²) in [6.45, 7) is 1.93. The third kappa shape index (κ3) is 7.09. The number of aryl methyl sites for hydroxylation is 1. The molecule has 0 heterocycles. The van der Waals surface area contributed by atoms with Crippen LogP contribution in [-0.4, -0.2) is 11.0 Å². The van der Waals surface area contributed by atoms with Gasteiger partial charge in [-0.15, -0.1) is 11.8 Å². The van der Waals surface area contributed by atoms with Crippen LogP contribution >= 0.6 is 35.6 Å². The lowest BCUT2D eigenvalue weighted by molar-refractivity contribution is -0.115. The van der Waals surface area contributed by atoms with Crippen LogP contribution in [0.4, 0.5) is 17.1 Å². The Morgan fingerprint density at radius 3 is 1.97 bits per heavy atom. The highest BCUT2D eigenvalue weighted by Crippen LogP contribution is 2.37. The largest absolute Gasteiger partial charge is 0.332 e. The zero-order valence-electron chi connectivity index (χ0n) is 19.0. The minimum Gasteiger partial charge on any atom is -0.332 e. The number of amides is 1. The third-order valence-corrected chi connectivity index (χ3v) is 7.06. The van der Waals surface area contributed by atoms with Crippen LogP contribution in [0.2, 0.25) is 5.02 Å². The smallest absolute Gasteiger partial charge is 0.242 e. The molecule has 4 rings (SSSR count). The molecule has 0 saturated carbocycles. The molecule has 1 amide bonds. The number of thioether (sulfide) groups is 1. The number of para-hydroxylation sites is 1. The van der Waals surface area contributed by atoms with Crippen LogP contribution < -0.4 is 16.0 Å². The normalized spacial score (nSPS) is 11.4. The number of carbonyl (C=O) groups excluding carboxylic acids is 1. The second-order valence-corrected chi connectivity index (χ2v) is 9.83. The standard InChI is InChI=1S/C28H24ClN3OS2/c1-19-12-13-23(18-25(19)29)30-27(33)26(20-8-4-2-5-9-20)35-24-16-14-22(15-17-24)32-28(34)31-21-10-6-3-7-11-21/h2-18,26H,1H3,(H,30,33)(H2,31,32,34). The molecule has 0 spiro atoms. The van der Waals surface area contributed by atoms with Crippen molar-refractivity contribution in [3.8, 4) is 0 Å². The molecule has 0 saturated heterocycles. The van der Waals surface area contributed by atoms with E-state index in [1.165, 1.54) is 11.8 Å². The molecule has 0 aliphatic rings. The van der Waals surface area contributed by atoms with Crippen LogP contribution in [0.3, 0.4) is 0 Å². The summed E-state index contributed by atoms with van der Waals surface area (Å²) < 4.78 is 0. The van der Waals surface area contributed by atoms with Gasteiger partial charge in [-0.1, -0.05) is 66.2 Å². The molecule has 176 valence electrons. The van der Waals surface area contributed by atoms with E-state index in [4.69, 9.17) is 23.8 Å². The Labute approximate surface area is 220 Å². The van der Waals surface area contributed by atoms with Gasteiger partial charge in [-0.2, -0.15) is 0 Å². The van der Waals surface area contributed by atoms with Gasteiger partial charge in [0.15, 0.2) is 5.11 Å². The summed E-state index contributed by atoms with van der Waals surface area (Å²) in [6, 6.07) is 32.9. The van der Waals surface area contributed by atoms with Gasteiger partial charge in [-0.05, 0) is 78.8 Å². The number of nitrogens with one attached hydrogen (secondary N) is 3. The molecule has 0 aromatic heterocycles. The molecule has 0 aliphatic heterocycles. The molecular weight excluding hydrogens is 494 g/mol. The second kappa shape index (κ2) is 11.9. The van der Waals surface area contributed by atoms with E-state index < -0.39 is 5.25 Å². The molecule has 0 aliphatic carbocycles. The molecule has 3 N–H and O–H groups in total. The average Bonchev–Trinajstić information content (AvgIpc) is 2.87. The topological polar surface area (TPSA) is 53.2 Å². The summed E-state index contributed by atoms with van der Waals surface area (Å²) >= 11 is 13.1.